The molecule has 0 amide bonds. The van der Waals surface area contributed by atoms with E-state index in [-0.39, 0.29) is 5.76 Å². The van der Waals surface area contributed by atoms with Gasteiger partial charge in [-0.2, -0.15) is 0 Å². The highest BCUT2D eigenvalue weighted by Crippen LogP contribution is 2.30. The number of hydrogen-bond donors (Lipinski definition) is 1. The normalized spacial score (nSPS) is 12.4. The van der Waals surface area contributed by atoms with Gasteiger partial charge in [0.1, 0.15) is 11.9 Å². The molecule has 4 nitrogen and oxygen atoms in total. The Morgan fingerprint density at radius 1 is 1.59 bits per heavy atom. The second-order valence-electron chi connectivity index (χ2n) is 3.28. The number of furan rings is 1. The number of ether oxygens (including phenoxy) is 1. The largest absolute Gasteiger partial charge is 0.463 e. The van der Waals surface area contributed by atoms with Crippen molar-refractivity contribution in [1.29, 1.82) is 0 Å². The van der Waals surface area contributed by atoms with Crippen molar-refractivity contribution < 1.29 is 19.1 Å². The molecule has 17 heavy (non-hydrogen) atoms. The number of methoxy groups -OCH3 is 1. The summed E-state index contributed by atoms with van der Waals surface area (Å²) in [5.41, 5.74) is 0.715. The predicted molar refractivity (Wildman–Crippen MR) is 66.1 cm³/mol. The highest BCUT2D eigenvalue weighted by molar-refractivity contribution is 9.11. The van der Waals surface area contributed by atoms with E-state index in [4.69, 9.17) is 4.42 Å². The van der Waals surface area contributed by atoms with Crippen LogP contribution in [0.25, 0.3) is 0 Å². The molecule has 0 aliphatic rings. The molecule has 1 unspecified atom stereocenters. The van der Waals surface area contributed by atoms with Gasteiger partial charge in [0.25, 0.3) is 0 Å². The minimum atomic E-state index is -0.879. The van der Waals surface area contributed by atoms with E-state index in [1.54, 1.807) is 12.1 Å². The highest BCUT2D eigenvalue weighted by Gasteiger charge is 2.18. The third-order valence-electron chi connectivity index (χ3n) is 2.19. The highest BCUT2D eigenvalue weighted by atomic mass is 79.9. The molecule has 2 heterocycles. The number of hydrogen-bond acceptors (Lipinski definition) is 5. The van der Waals surface area contributed by atoms with Gasteiger partial charge in [-0.3, -0.25) is 0 Å². The Bertz CT molecular complexity index is 531. The van der Waals surface area contributed by atoms with Gasteiger partial charge in [0.2, 0.25) is 5.76 Å². The fourth-order valence-corrected chi connectivity index (χ4v) is 2.54. The molecule has 0 fully saturated rings. The van der Waals surface area contributed by atoms with Crippen molar-refractivity contribution in [3.8, 4) is 0 Å². The van der Waals surface area contributed by atoms with Gasteiger partial charge in [-0.1, -0.05) is 0 Å². The van der Waals surface area contributed by atoms with E-state index in [1.165, 1.54) is 24.5 Å². The first-order valence-electron chi connectivity index (χ1n) is 4.72. The van der Waals surface area contributed by atoms with Gasteiger partial charge < -0.3 is 14.3 Å². The number of thiophene rings is 1. The summed E-state index contributed by atoms with van der Waals surface area (Å²) in [6, 6.07) is 4.84. The van der Waals surface area contributed by atoms with Crippen LogP contribution in [-0.2, 0) is 4.74 Å². The van der Waals surface area contributed by atoms with Crippen LogP contribution in [-0.4, -0.2) is 18.2 Å². The van der Waals surface area contributed by atoms with E-state index in [0.717, 1.165) is 3.79 Å². The van der Waals surface area contributed by atoms with Crippen LogP contribution in [0, 0.1) is 0 Å². The van der Waals surface area contributed by atoms with E-state index in [0.29, 0.717) is 11.3 Å². The smallest absolute Gasteiger partial charge is 0.373 e. The van der Waals surface area contributed by atoms with Crippen molar-refractivity contribution in [2.75, 3.05) is 7.11 Å². The lowest BCUT2D eigenvalue weighted by Gasteiger charge is -2.04. The minimum Gasteiger partial charge on any atom is -0.463 e. The standard InChI is InChI=1S/C11H9BrO4S/c1-15-11(14)8-3-2-7(16-8)10(13)6-4-9(12)17-5-6/h2-5,10,13H,1H3. The van der Waals surface area contributed by atoms with E-state index < -0.39 is 12.1 Å². The third kappa shape index (κ3) is 2.59. The Morgan fingerprint density at radius 3 is 2.94 bits per heavy atom. The lowest BCUT2D eigenvalue weighted by molar-refractivity contribution is 0.0558. The van der Waals surface area contributed by atoms with E-state index >= 15 is 0 Å². The Balaban J connectivity index is 2.23. The summed E-state index contributed by atoms with van der Waals surface area (Å²) in [5, 5.41) is 11.8. The Hall–Kier alpha value is -1.11. The second kappa shape index (κ2) is 5.03. The van der Waals surface area contributed by atoms with Gasteiger partial charge in [-0.15, -0.1) is 11.3 Å². The van der Waals surface area contributed by atoms with Crippen LogP contribution in [0.1, 0.15) is 28.0 Å². The first-order chi connectivity index (χ1) is 8.11. The maximum absolute atomic E-state index is 11.2. The molecule has 1 N–H and O–H groups in total. The Morgan fingerprint density at radius 2 is 2.35 bits per heavy atom. The zero-order valence-corrected chi connectivity index (χ0v) is 11.2. The maximum Gasteiger partial charge on any atom is 0.373 e. The van der Waals surface area contributed by atoms with Gasteiger partial charge in [0, 0.05) is 0 Å². The van der Waals surface area contributed by atoms with Crippen molar-refractivity contribution in [2.45, 2.75) is 6.10 Å². The topological polar surface area (TPSA) is 59.7 Å². The molecule has 0 aliphatic heterocycles. The zero-order chi connectivity index (χ0) is 12.4. The van der Waals surface area contributed by atoms with Crippen molar-refractivity contribution in [3.63, 3.8) is 0 Å². The number of carbonyl (C=O) groups excluding carboxylic acids is 1. The molecular weight excluding hydrogens is 308 g/mol. The summed E-state index contributed by atoms with van der Waals surface area (Å²) in [4.78, 5) is 11.2. The lowest BCUT2D eigenvalue weighted by Crippen LogP contribution is -1.99. The van der Waals surface area contributed by atoms with Crippen molar-refractivity contribution >= 4 is 33.2 Å². The second-order valence-corrected chi connectivity index (χ2v) is 5.57. The average molecular weight is 317 g/mol. The minimum absolute atomic E-state index is 0.0795. The molecule has 2 aromatic rings. The third-order valence-corrected chi connectivity index (χ3v) is 3.71. The molecule has 2 rings (SSSR count). The molecule has 1 atom stereocenters. The molecule has 0 saturated carbocycles. The fourth-order valence-electron chi connectivity index (χ4n) is 1.34. The number of rotatable bonds is 3. The van der Waals surface area contributed by atoms with Crippen molar-refractivity contribution in [2.24, 2.45) is 0 Å². The summed E-state index contributed by atoms with van der Waals surface area (Å²) in [6.07, 6.45) is -0.879. The number of carbonyl (C=O) groups is 1. The van der Waals surface area contributed by atoms with Gasteiger partial charge in [-0.25, -0.2) is 4.79 Å². The molecule has 0 spiro atoms. The summed E-state index contributed by atoms with van der Waals surface area (Å²) in [6.45, 7) is 0. The Labute approximate surface area is 110 Å². The summed E-state index contributed by atoms with van der Waals surface area (Å²) >= 11 is 4.78. The number of aliphatic hydroxyl groups excluding tert-OH is 1. The molecule has 6 heteroatoms. The lowest BCUT2D eigenvalue weighted by atomic mass is 10.1. The van der Waals surface area contributed by atoms with Crippen LogP contribution in [0.5, 0.6) is 0 Å². The molecule has 2 aromatic heterocycles. The maximum atomic E-state index is 11.2. The van der Waals surface area contributed by atoms with Crippen LogP contribution in [0.3, 0.4) is 0 Å². The van der Waals surface area contributed by atoms with Crippen LogP contribution >= 0.6 is 27.3 Å². The van der Waals surface area contributed by atoms with E-state index in [2.05, 4.69) is 20.7 Å². The molecule has 0 aliphatic carbocycles. The SMILES string of the molecule is COC(=O)c1ccc(C(O)c2csc(Br)c2)o1. The number of halogens is 1. The van der Waals surface area contributed by atoms with Crippen LogP contribution in [0.4, 0.5) is 0 Å². The zero-order valence-electron chi connectivity index (χ0n) is 8.84. The molecule has 90 valence electrons. The molecule has 0 bridgehead atoms. The number of aliphatic hydroxyl groups is 1. The summed E-state index contributed by atoms with van der Waals surface area (Å²) in [7, 11) is 1.27. The molecular formula is C11H9BrO4S. The van der Waals surface area contributed by atoms with Crippen LogP contribution in [0.15, 0.2) is 31.8 Å². The summed E-state index contributed by atoms with van der Waals surface area (Å²) in [5.74, 6) is -0.165. The van der Waals surface area contributed by atoms with Crippen molar-refractivity contribution in [3.05, 3.63) is 44.4 Å². The predicted octanol–water partition coefficient (Wildman–Crippen LogP) is 2.97. The van der Waals surface area contributed by atoms with Gasteiger partial charge in [-0.05, 0) is 45.1 Å². The first kappa shape index (κ1) is 12.3. The van der Waals surface area contributed by atoms with Crippen molar-refractivity contribution in [1.82, 2.24) is 0 Å². The quantitative estimate of drug-likeness (QED) is 0.884. The fraction of sp³-hybridized carbons (Fsp3) is 0.182. The van der Waals surface area contributed by atoms with Gasteiger partial charge in [0.15, 0.2) is 0 Å². The van der Waals surface area contributed by atoms with Gasteiger partial charge >= 0.3 is 5.97 Å². The van der Waals surface area contributed by atoms with Crippen LogP contribution in [0.2, 0.25) is 0 Å². The van der Waals surface area contributed by atoms with Crippen LogP contribution < -0.4 is 0 Å². The van der Waals surface area contributed by atoms with E-state index in [1.807, 2.05) is 5.38 Å². The van der Waals surface area contributed by atoms with E-state index in [9.17, 15) is 9.90 Å². The average Bonchev–Trinajstić information content (AvgIpc) is 2.95. The number of esters is 1. The first-order valence-corrected chi connectivity index (χ1v) is 6.39. The monoisotopic (exact) mass is 316 g/mol. The molecule has 0 aromatic carbocycles. The molecule has 0 radical (unpaired) electrons. The summed E-state index contributed by atoms with van der Waals surface area (Å²) < 4.78 is 10.7. The van der Waals surface area contributed by atoms with Gasteiger partial charge in [0.05, 0.1) is 10.9 Å². The Kier molecular flexibility index (Phi) is 3.66. The molecule has 0 saturated heterocycles.